The van der Waals surface area contributed by atoms with Gasteiger partial charge in [0.2, 0.25) is 0 Å². The predicted molar refractivity (Wildman–Crippen MR) is 87.3 cm³/mol. The summed E-state index contributed by atoms with van der Waals surface area (Å²) in [5.74, 6) is -0.813. The molecule has 8 heteroatoms. The summed E-state index contributed by atoms with van der Waals surface area (Å²) in [5, 5.41) is 0.606. The van der Waals surface area contributed by atoms with Crippen molar-refractivity contribution < 1.29 is 22.1 Å². The number of hydrogen-bond acceptors (Lipinski definition) is 5. The molecule has 0 amide bonds. The highest BCUT2D eigenvalue weighted by Crippen LogP contribution is 2.35. The molecule has 6 nitrogen and oxygen atoms in total. The molecule has 0 radical (unpaired) electrons. The van der Waals surface area contributed by atoms with Crippen LogP contribution < -0.4 is 4.72 Å². The summed E-state index contributed by atoms with van der Waals surface area (Å²) in [5.41, 5.74) is 0.868. The van der Waals surface area contributed by atoms with Crippen molar-refractivity contribution in [2.45, 2.75) is 51.2 Å². The Hall–Kier alpha value is -0.700. The Kier molecular flexibility index (Phi) is 6.05. The first kappa shape index (κ1) is 18.6. The van der Waals surface area contributed by atoms with Gasteiger partial charge in [0, 0.05) is 11.4 Å². The molecule has 0 bridgehead atoms. The molecule has 0 aliphatic carbocycles. The highest BCUT2D eigenvalue weighted by atomic mass is 35.5. The number of nitrogens with one attached hydrogen (secondary N) is 1. The molecule has 1 aromatic carbocycles. The third kappa shape index (κ3) is 4.43. The number of benzene rings is 1. The highest BCUT2D eigenvalue weighted by molar-refractivity contribution is 7.84. The second-order valence-electron chi connectivity index (χ2n) is 5.35. The van der Waals surface area contributed by atoms with Crippen molar-refractivity contribution >= 4 is 21.9 Å². The van der Waals surface area contributed by atoms with Crippen LogP contribution in [0.4, 0.5) is 0 Å². The van der Waals surface area contributed by atoms with E-state index in [-0.39, 0.29) is 0 Å². The van der Waals surface area contributed by atoms with Crippen LogP contribution in [0, 0.1) is 0 Å². The van der Waals surface area contributed by atoms with Crippen LogP contribution in [0.1, 0.15) is 32.3 Å². The molecule has 1 aliphatic heterocycles. The molecule has 2 atom stereocenters. The third-order valence-electron chi connectivity index (χ3n) is 3.98. The van der Waals surface area contributed by atoms with Crippen molar-refractivity contribution in [3.63, 3.8) is 0 Å². The molecular formula is C15H22ClNO5S. The minimum atomic E-state index is -3.89. The van der Waals surface area contributed by atoms with Gasteiger partial charge in [0.15, 0.2) is 12.0 Å². The van der Waals surface area contributed by atoms with Crippen molar-refractivity contribution in [1.29, 1.82) is 0 Å². The molecule has 0 aromatic heterocycles. The van der Waals surface area contributed by atoms with E-state index in [2.05, 4.69) is 8.91 Å². The van der Waals surface area contributed by atoms with Crippen molar-refractivity contribution in [3.8, 4) is 0 Å². The zero-order chi connectivity index (χ0) is 17.1. The van der Waals surface area contributed by atoms with Gasteiger partial charge in [-0.05, 0) is 24.5 Å². The van der Waals surface area contributed by atoms with E-state index in [4.69, 9.17) is 21.1 Å². The van der Waals surface area contributed by atoms with Gasteiger partial charge in [-0.1, -0.05) is 43.6 Å². The fourth-order valence-electron chi connectivity index (χ4n) is 2.58. The topological polar surface area (TPSA) is 73.9 Å². The highest BCUT2D eigenvalue weighted by Gasteiger charge is 2.46. The summed E-state index contributed by atoms with van der Waals surface area (Å²) in [6.07, 6.45) is 0.302. The van der Waals surface area contributed by atoms with Crippen LogP contribution >= 0.6 is 11.6 Å². The molecule has 23 heavy (non-hydrogen) atoms. The third-order valence-corrected chi connectivity index (χ3v) is 5.31. The van der Waals surface area contributed by atoms with Gasteiger partial charge in [-0.3, -0.25) is 4.18 Å². The summed E-state index contributed by atoms with van der Waals surface area (Å²) in [7, 11) is -2.80. The van der Waals surface area contributed by atoms with E-state index in [1.54, 1.807) is 6.07 Å². The first-order valence-corrected chi connectivity index (χ1v) is 9.30. The van der Waals surface area contributed by atoms with Crippen LogP contribution in [0.15, 0.2) is 24.3 Å². The molecule has 1 saturated heterocycles. The van der Waals surface area contributed by atoms with E-state index >= 15 is 0 Å². The summed E-state index contributed by atoms with van der Waals surface area (Å²) < 4.78 is 42.2. The zero-order valence-electron chi connectivity index (χ0n) is 13.4. The van der Waals surface area contributed by atoms with Crippen molar-refractivity contribution in [2.24, 2.45) is 0 Å². The summed E-state index contributed by atoms with van der Waals surface area (Å²) in [6, 6.07) is 7.38. The van der Waals surface area contributed by atoms with E-state index < -0.39 is 28.4 Å². The van der Waals surface area contributed by atoms with Gasteiger partial charge in [-0.25, -0.2) is 0 Å². The lowest BCUT2D eigenvalue weighted by molar-refractivity contribution is -0.179. The second-order valence-corrected chi connectivity index (χ2v) is 7.23. The summed E-state index contributed by atoms with van der Waals surface area (Å²) in [6.45, 7) is 3.87. The average Bonchev–Trinajstić information content (AvgIpc) is 2.87. The quantitative estimate of drug-likeness (QED) is 0.806. The number of rotatable bonds is 7. The van der Waals surface area contributed by atoms with E-state index in [1.807, 2.05) is 32.0 Å². The minimum absolute atomic E-state index is 0.429. The molecule has 0 spiro atoms. The first-order valence-electron chi connectivity index (χ1n) is 7.51. The molecule has 1 fully saturated rings. The number of hydrogen-bond donors (Lipinski definition) is 1. The monoisotopic (exact) mass is 363 g/mol. The van der Waals surface area contributed by atoms with Crippen LogP contribution in [0.25, 0.3) is 0 Å². The lowest BCUT2D eigenvalue weighted by Crippen LogP contribution is -2.43. The van der Waals surface area contributed by atoms with Crippen LogP contribution in [-0.2, 0) is 30.4 Å². The standard InChI is InChI=1S/C15H22ClNO5S/c1-4-15(5-2)21-13(10-11-8-6-7-9-12(11)16)14(22-15)17-23(18,19)20-3/h6-9,13-14,17H,4-5,10H2,1-3H3. The molecule has 2 unspecified atom stereocenters. The van der Waals surface area contributed by atoms with Crippen molar-refractivity contribution in [2.75, 3.05) is 7.11 Å². The Morgan fingerprint density at radius 2 is 1.91 bits per heavy atom. The van der Waals surface area contributed by atoms with Gasteiger partial charge >= 0.3 is 10.3 Å². The second kappa shape index (κ2) is 7.46. The predicted octanol–water partition coefficient (Wildman–Crippen LogP) is 2.62. The lowest BCUT2D eigenvalue weighted by atomic mass is 10.1. The van der Waals surface area contributed by atoms with E-state index in [0.29, 0.717) is 24.3 Å². The van der Waals surface area contributed by atoms with Gasteiger partial charge in [0.1, 0.15) is 6.10 Å². The summed E-state index contributed by atoms with van der Waals surface area (Å²) in [4.78, 5) is 0. The maximum absolute atomic E-state index is 11.7. The van der Waals surface area contributed by atoms with Crippen molar-refractivity contribution in [1.82, 2.24) is 4.72 Å². The lowest BCUT2D eigenvalue weighted by Gasteiger charge is -2.25. The van der Waals surface area contributed by atoms with Crippen LogP contribution in [0.2, 0.25) is 5.02 Å². The Bertz CT molecular complexity index is 633. The van der Waals surface area contributed by atoms with E-state index in [0.717, 1.165) is 12.7 Å². The van der Waals surface area contributed by atoms with Gasteiger partial charge in [0.25, 0.3) is 0 Å². The average molecular weight is 364 g/mol. The minimum Gasteiger partial charge on any atom is -0.342 e. The van der Waals surface area contributed by atoms with Crippen LogP contribution in [0.5, 0.6) is 0 Å². The molecule has 0 saturated carbocycles. The van der Waals surface area contributed by atoms with Crippen molar-refractivity contribution in [3.05, 3.63) is 34.9 Å². The van der Waals surface area contributed by atoms with Gasteiger partial charge in [-0.2, -0.15) is 13.1 Å². The van der Waals surface area contributed by atoms with E-state index in [9.17, 15) is 8.42 Å². The molecular weight excluding hydrogens is 342 g/mol. The first-order chi connectivity index (χ1) is 10.8. The SMILES string of the molecule is CCC1(CC)OC(Cc2ccccc2Cl)C(NS(=O)(=O)OC)O1. The van der Waals surface area contributed by atoms with Gasteiger partial charge in [-0.15, -0.1) is 0 Å². The van der Waals surface area contributed by atoms with Crippen LogP contribution in [0.3, 0.4) is 0 Å². The normalized spacial score (nSPS) is 24.0. The zero-order valence-corrected chi connectivity index (χ0v) is 15.0. The molecule has 130 valence electrons. The Balaban J connectivity index is 2.24. The van der Waals surface area contributed by atoms with E-state index in [1.165, 1.54) is 0 Å². The fourth-order valence-corrected chi connectivity index (χ4v) is 3.37. The molecule has 1 aromatic rings. The maximum atomic E-state index is 11.7. The molecule has 1 heterocycles. The smallest absolute Gasteiger partial charge is 0.337 e. The maximum Gasteiger partial charge on any atom is 0.337 e. The van der Waals surface area contributed by atoms with Gasteiger partial charge in [0.05, 0.1) is 7.11 Å². The number of ether oxygens (including phenoxy) is 2. The molecule has 1 N–H and O–H groups in total. The molecule has 2 rings (SSSR count). The van der Waals surface area contributed by atoms with Gasteiger partial charge < -0.3 is 9.47 Å². The Morgan fingerprint density at radius 1 is 1.26 bits per heavy atom. The largest absolute Gasteiger partial charge is 0.342 e. The fraction of sp³-hybridized carbons (Fsp3) is 0.600. The number of halogens is 1. The van der Waals surface area contributed by atoms with Crippen LogP contribution in [-0.4, -0.2) is 33.6 Å². The Labute approximate surface area is 142 Å². The Morgan fingerprint density at radius 3 is 2.48 bits per heavy atom. The molecule has 1 aliphatic rings. The summed E-state index contributed by atoms with van der Waals surface area (Å²) >= 11 is 6.19.